The molecule has 0 radical (unpaired) electrons. The first-order chi connectivity index (χ1) is 7.95. The minimum absolute atomic E-state index is 0.0601. The van der Waals surface area contributed by atoms with Crippen LogP contribution in [0.4, 0.5) is 5.95 Å². The van der Waals surface area contributed by atoms with Gasteiger partial charge in [0.25, 0.3) is 0 Å². The van der Waals surface area contributed by atoms with Gasteiger partial charge in [-0.2, -0.15) is 5.26 Å². The molecule has 1 rings (SSSR count). The standard InChI is InChI=1S/C12H14N4O/c1-12(2,3)10(17)9(7-13)8-16-11-14-5-4-6-15-11/h4-6,8H,1-3H3,(H,14,15,16)/b9-8-. The molecule has 0 aliphatic rings. The van der Waals surface area contributed by atoms with E-state index >= 15 is 0 Å². The summed E-state index contributed by atoms with van der Waals surface area (Å²) >= 11 is 0. The van der Waals surface area contributed by atoms with Gasteiger partial charge in [0.2, 0.25) is 5.95 Å². The van der Waals surface area contributed by atoms with Gasteiger partial charge in [0.15, 0.2) is 5.78 Å². The van der Waals surface area contributed by atoms with E-state index in [1.165, 1.54) is 6.20 Å². The SMILES string of the molecule is CC(C)(C)C(=O)/C(C#N)=C\Nc1ncccn1. The second kappa shape index (κ2) is 5.21. The monoisotopic (exact) mass is 230 g/mol. The molecule has 0 unspecified atom stereocenters. The van der Waals surface area contributed by atoms with Gasteiger partial charge in [-0.1, -0.05) is 20.8 Å². The Bertz CT molecular complexity index is 466. The Morgan fingerprint density at radius 2 is 2.00 bits per heavy atom. The van der Waals surface area contributed by atoms with Gasteiger partial charge in [0.1, 0.15) is 11.6 Å². The van der Waals surface area contributed by atoms with Crippen LogP contribution < -0.4 is 5.32 Å². The molecule has 17 heavy (non-hydrogen) atoms. The largest absolute Gasteiger partial charge is 0.329 e. The number of carbonyl (C=O) groups is 1. The highest BCUT2D eigenvalue weighted by Gasteiger charge is 2.24. The molecule has 1 N–H and O–H groups in total. The zero-order valence-corrected chi connectivity index (χ0v) is 10.1. The van der Waals surface area contributed by atoms with E-state index in [4.69, 9.17) is 5.26 Å². The van der Waals surface area contributed by atoms with E-state index in [9.17, 15) is 4.79 Å². The topological polar surface area (TPSA) is 78.7 Å². The Balaban J connectivity index is 2.84. The van der Waals surface area contributed by atoms with Crippen molar-refractivity contribution in [2.24, 2.45) is 5.41 Å². The summed E-state index contributed by atoms with van der Waals surface area (Å²) in [6.45, 7) is 5.29. The number of nitrogens with zero attached hydrogens (tertiary/aromatic N) is 3. The molecule has 0 amide bonds. The zero-order valence-electron chi connectivity index (χ0n) is 10.1. The molecule has 0 aromatic carbocycles. The fourth-order valence-corrected chi connectivity index (χ4v) is 1.06. The average molecular weight is 230 g/mol. The molecule has 0 fully saturated rings. The molecule has 0 atom stereocenters. The van der Waals surface area contributed by atoms with Crippen LogP contribution in [0.3, 0.4) is 0 Å². The van der Waals surface area contributed by atoms with E-state index < -0.39 is 5.41 Å². The molecule has 0 saturated carbocycles. The maximum atomic E-state index is 11.8. The van der Waals surface area contributed by atoms with Crippen molar-refractivity contribution in [3.05, 3.63) is 30.2 Å². The lowest BCUT2D eigenvalue weighted by Gasteiger charge is -2.15. The van der Waals surface area contributed by atoms with E-state index in [1.54, 1.807) is 39.2 Å². The minimum atomic E-state index is -0.583. The van der Waals surface area contributed by atoms with Crippen LogP contribution in [0.2, 0.25) is 0 Å². The van der Waals surface area contributed by atoms with Gasteiger partial charge in [-0.25, -0.2) is 9.97 Å². The number of nitriles is 1. The molecule has 0 saturated heterocycles. The number of hydrogen-bond acceptors (Lipinski definition) is 5. The Hall–Kier alpha value is -2.22. The van der Waals surface area contributed by atoms with Crippen LogP contribution in [0.15, 0.2) is 30.2 Å². The summed E-state index contributed by atoms with van der Waals surface area (Å²) < 4.78 is 0. The zero-order chi connectivity index (χ0) is 12.9. The van der Waals surface area contributed by atoms with Crippen molar-refractivity contribution < 1.29 is 4.79 Å². The third kappa shape index (κ3) is 3.68. The number of allylic oxidation sites excluding steroid dienone is 1. The van der Waals surface area contributed by atoms with Crippen molar-refractivity contribution in [2.75, 3.05) is 5.32 Å². The van der Waals surface area contributed by atoms with Crippen LogP contribution in [0.1, 0.15) is 20.8 Å². The van der Waals surface area contributed by atoms with Crippen molar-refractivity contribution in [3.8, 4) is 6.07 Å². The Labute approximate surface area is 100 Å². The summed E-state index contributed by atoms with van der Waals surface area (Å²) in [7, 11) is 0. The fourth-order valence-electron chi connectivity index (χ4n) is 1.06. The molecule has 88 valence electrons. The number of anilines is 1. The Morgan fingerprint density at radius 3 is 2.47 bits per heavy atom. The number of ketones is 1. The molecule has 1 heterocycles. The first-order valence-electron chi connectivity index (χ1n) is 5.14. The van der Waals surface area contributed by atoms with E-state index in [0.29, 0.717) is 5.95 Å². The fraction of sp³-hybridized carbons (Fsp3) is 0.333. The second-order valence-corrected chi connectivity index (χ2v) is 4.47. The first kappa shape index (κ1) is 12.8. The highest BCUT2D eigenvalue weighted by molar-refractivity contribution is 6.02. The predicted octanol–water partition coefficient (Wildman–Crippen LogP) is 1.91. The Morgan fingerprint density at radius 1 is 1.41 bits per heavy atom. The molecule has 0 aliphatic heterocycles. The summed E-state index contributed by atoms with van der Waals surface area (Å²) in [5.41, 5.74) is -0.522. The highest BCUT2D eigenvalue weighted by Crippen LogP contribution is 2.19. The van der Waals surface area contributed by atoms with Gasteiger partial charge in [0.05, 0.1) is 0 Å². The van der Waals surface area contributed by atoms with Gasteiger partial charge >= 0.3 is 0 Å². The summed E-state index contributed by atoms with van der Waals surface area (Å²) in [4.78, 5) is 19.7. The van der Waals surface area contributed by atoms with Crippen molar-refractivity contribution in [1.82, 2.24) is 9.97 Å². The molecule has 5 nitrogen and oxygen atoms in total. The van der Waals surface area contributed by atoms with E-state index in [-0.39, 0.29) is 11.4 Å². The molecule has 0 aliphatic carbocycles. The lowest BCUT2D eigenvalue weighted by Crippen LogP contribution is -2.22. The highest BCUT2D eigenvalue weighted by atomic mass is 16.1. The minimum Gasteiger partial charge on any atom is -0.329 e. The van der Waals surface area contributed by atoms with Crippen LogP contribution >= 0.6 is 0 Å². The lowest BCUT2D eigenvalue weighted by molar-refractivity contribution is -0.122. The van der Waals surface area contributed by atoms with Crippen molar-refractivity contribution in [3.63, 3.8) is 0 Å². The molecule has 1 aromatic heterocycles. The van der Waals surface area contributed by atoms with Gasteiger partial charge in [-0.3, -0.25) is 4.79 Å². The second-order valence-electron chi connectivity index (χ2n) is 4.47. The van der Waals surface area contributed by atoms with Crippen molar-refractivity contribution >= 4 is 11.7 Å². The van der Waals surface area contributed by atoms with Crippen LogP contribution in [-0.2, 0) is 4.79 Å². The number of Topliss-reactive ketones (excluding diaryl/α,β-unsaturated/α-hetero) is 1. The number of aromatic nitrogens is 2. The van der Waals surface area contributed by atoms with E-state index in [0.717, 1.165) is 0 Å². The molecule has 1 aromatic rings. The van der Waals surface area contributed by atoms with Crippen LogP contribution in [0.5, 0.6) is 0 Å². The normalized spacial score (nSPS) is 11.8. The van der Waals surface area contributed by atoms with Crippen LogP contribution in [0.25, 0.3) is 0 Å². The molecule has 0 bridgehead atoms. The lowest BCUT2D eigenvalue weighted by atomic mass is 9.87. The number of carbonyl (C=O) groups excluding carboxylic acids is 1. The molecular weight excluding hydrogens is 216 g/mol. The smallest absolute Gasteiger partial charge is 0.226 e. The maximum absolute atomic E-state index is 11.8. The van der Waals surface area contributed by atoms with Crippen LogP contribution in [-0.4, -0.2) is 15.8 Å². The van der Waals surface area contributed by atoms with Gasteiger partial charge in [-0.05, 0) is 6.07 Å². The Kier molecular flexibility index (Phi) is 3.94. The summed E-state index contributed by atoms with van der Waals surface area (Å²) in [6, 6.07) is 3.55. The number of hydrogen-bond donors (Lipinski definition) is 1. The quantitative estimate of drug-likeness (QED) is 0.633. The van der Waals surface area contributed by atoms with Crippen molar-refractivity contribution in [1.29, 1.82) is 5.26 Å². The van der Waals surface area contributed by atoms with Crippen molar-refractivity contribution in [2.45, 2.75) is 20.8 Å². The van der Waals surface area contributed by atoms with Gasteiger partial charge in [0, 0.05) is 24.0 Å². The third-order valence-electron chi connectivity index (χ3n) is 1.96. The maximum Gasteiger partial charge on any atom is 0.226 e. The first-order valence-corrected chi connectivity index (χ1v) is 5.14. The average Bonchev–Trinajstić information content (AvgIpc) is 2.30. The predicted molar refractivity (Wildman–Crippen MR) is 63.8 cm³/mol. The molecule has 0 spiro atoms. The van der Waals surface area contributed by atoms with E-state index in [2.05, 4.69) is 15.3 Å². The summed E-state index contributed by atoms with van der Waals surface area (Å²) in [6.07, 6.45) is 4.48. The summed E-state index contributed by atoms with van der Waals surface area (Å²) in [5, 5.41) is 11.6. The number of nitrogens with one attached hydrogen (secondary N) is 1. The number of rotatable bonds is 3. The van der Waals surface area contributed by atoms with E-state index in [1.807, 2.05) is 6.07 Å². The molecular formula is C12H14N4O. The van der Waals surface area contributed by atoms with Gasteiger partial charge in [-0.15, -0.1) is 0 Å². The molecule has 5 heteroatoms. The van der Waals surface area contributed by atoms with Gasteiger partial charge < -0.3 is 5.32 Å². The third-order valence-corrected chi connectivity index (χ3v) is 1.96. The summed E-state index contributed by atoms with van der Waals surface area (Å²) in [5.74, 6) is 0.130. The van der Waals surface area contributed by atoms with Crippen LogP contribution in [0, 0.1) is 16.7 Å².